The highest BCUT2D eigenvalue weighted by atomic mass is 16.6. The van der Waals surface area contributed by atoms with Crippen molar-refractivity contribution in [2.45, 2.75) is 45.4 Å². The second kappa shape index (κ2) is 13.1. The molecule has 1 aromatic heterocycles. The molecule has 1 unspecified atom stereocenters. The Kier molecular flexibility index (Phi) is 9.38. The first kappa shape index (κ1) is 29.3. The summed E-state index contributed by atoms with van der Waals surface area (Å²) in [6, 6.07) is 17.5. The van der Waals surface area contributed by atoms with Crippen LogP contribution < -0.4 is 5.32 Å². The fourth-order valence-corrected chi connectivity index (χ4v) is 4.31. The van der Waals surface area contributed by atoms with Crippen molar-refractivity contribution in [2.24, 2.45) is 0 Å². The summed E-state index contributed by atoms with van der Waals surface area (Å²) in [5, 5.41) is 2.71. The van der Waals surface area contributed by atoms with Crippen LogP contribution in [0.2, 0.25) is 0 Å². The zero-order valence-electron chi connectivity index (χ0n) is 23.5. The molecule has 11 nitrogen and oxygen atoms in total. The minimum Gasteiger partial charge on any atom is -0.459 e. The fourth-order valence-electron chi connectivity index (χ4n) is 4.31. The van der Waals surface area contributed by atoms with Gasteiger partial charge in [0.1, 0.15) is 23.9 Å². The van der Waals surface area contributed by atoms with E-state index < -0.39 is 35.5 Å². The third-order valence-electron chi connectivity index (χ3n) is 6.38. The van der Waals surface area contributed by atoms with Crippen LogP contribution in [-0.2, 0) is 27.3 Å². The van der Waals surface area contributed by atoms with Crippen molar-refractivity contribution in [1.82, 2.24) is 25.1 Å². The standard InChI is InChI=1S/C30H35N5O6/c1-30(2,3)41-29(39)35-16-14-34(15-17-35)27(37)25-24(31-20-32-25)26(36)33-23(18-21-10-6-4-7-11-21)28(38)40-19-22-12-8-5-9-13-22/h4-13,20,23H,14-19H2,1-3H3,(H,31,32)(H,33,36). The van der Waals surface area contributed by atoms with Crippen LogP contribution in [0.3, 0.4) is 0 Å². The molecule has 2 heterocycles. The molecule has 1 atom stereocenters. The number of nitrogens with zero attached hydrogens (tertiary/aromatic N) is 3. The molecule has 1 aliphatic rings. The molecule has 2 aromatic carbocycles. The molecule has 1 saturated heterocycles. The van der Waals surface area contributed by atoms with Crippen LogP contribution in [0, 0.1) is 0 Å². The molecule has 216 valence electrons. The molecule has 3 amide bonds. The number of amides is 3. The lowest BCUT2D eigenvalue weighted by molar-refractivity contribution is -0.147. The first-order valence-electron chi connectivity index (χ1n) is 13.5. The van der Waals surface area contributed by atoms with Crippen molar-refractivity contribution in [3.63, 3.8) is 0 Å². The van der Waals surface area contributed by atoms with Crippen molar-refractivity contribution >= 4 is 23.9 Å². The Balaban J connectivity index is 1.42. The molecular weight excluding hydrogens is 526 g/mol. The molecule has 1 aliphatic heterocycles. The number of piperazine rings is 1. The summed E-state index contributed by atoms with van der Waals surface area (Å²) in [4.78, 5) is 62.0. The Morgan fingerprint density at radius 2 is 1.49 bits per heavy atom. The van der Waals surface area contributed by atoms with E-state index in [9.17, 15) is 19.2 Å². The van der Waals surface area contributed by atoms with Crippen molar-refractivity contribution in [3.8, 4) is 0 Å². The molecule has 0 saturated carbocycles. The number of rotatable bonds is 8. The van der Waals surface area contributed by atoms with Crippen molar-refractivity contribution in [2.75, 3.05) is 26.2 Å². The van der Waals surface area contributed by atoms with E-state index in [1.165, 1.54) is 6.33 Å². The lowest BCUT2D eigenvalue weighted by atomic mass is 10.1. The van der Waals surface area contributed by atoms with Crippen LogP contribution in [0.4, 0.5) is 4.79 Å². The fraction of sp³-hybridized carbons (Fsp3) is 0.367. The summed E-state index contributed by atoms with van der Waals surface area (Å²) in [6.45, 7) is 6.56. The maximum atomic E-state index is 13.3. The molecule has 0 bridgehead atoms. The summed E-state index contributed by atoms with van der Waals surface area (Å²) >= 11 is 0. The van der Waals surface area contributed by atoms with Gasteiger partial charge in [0.15, 0.2) is 5.69 Å². The predicted molar refractivity (Wildman–Crippen MR) is 150 cm³/mol. The van der Waals surface area contributed by atoms with E-state index in [4.69, 9.17) is 9.47 Å². The van der Waals surface area contributed by atoms with Crippen LogP contribution in [0.5, 0.6) is 0 Å². The number of benzene rings is 2. The van der Waals surface area contributed by atoms with E-state index in [0.717, 1.165) is 11.1 Å². The third kappa shape index (κ3) is 8.17. The number of nitrogens with one attached hydrogen (secondary N) is 2. The number of aromatic nitrogens is 2. The molecule has 2 N–H and O–H groups in total. The molecular formula is C30H35N5O6. The molecule has 4 rings (SSSR count). The minimum absolute atomic E-state index is 0.00401. The number of imidazole rings is 1. The van der Waals surface area contributed by atoms with Crippen molar-refractivity contribution < 1.29 is 28.7 Å². The number of aromatic amines is 1. The van der Waals surface area contributed by atoms with Gasteiger partial charge in [-0.05, 0) is 31.9 Å². The Labute approximate surface area is 238 Å². The summed E-state index contributed by atoms with van der Waals surface area (Å²) in [5.41, 5.74) is 0.908. The molecule has 0 aliphatic carbocycles. The second-order valence-electron chi connectivity index (χ2n) is 10.7. The van der Waals surface area contributed by atoms with Crippen molar-refractivity contribution in [3.05, 3.63) is 89.5 Å². The maximum absolute atomic E-state index is 13.3. The second-order valence-corrected chi connectivity index (χ2v) is 10.7. The average molecular weight is 562 g/mol. The number of hydrogen-bond acceptors (Lipinski definition) is 7. The molecule has 0 radical (unpaired) electrons. The molecule has 41 heavy (non-hydrogen) atoms. The van der Waals surface area contributed by atoms with Crippen LogP contribution in [0.15, 0.2) is 67.0 Å². The Bertz CT molecular complexity index is 1340. The quantitative estimate of drug-likeness (QED) is 0.404. The molecule has 3 aromatic rings. The van der Waals surface area contributed by atoms with Gasteiger partial charge in [-0.25, -0.2) is 14.6 Å². The van der Waals surface area contributed by atoms with Gasteiger partial charge in [0.05, 0.1) is 6.33 Å². The molecule has 1 fully saturated rings. The van der Waals surface area contributed by atoms with E-state index in [2.05, 4.69) is 15.3 Å². The van der Waals surface area contributed by atoms with E-state index in [-0.39, 0.29) is 37.5 Å². The van der Waals surface area contributed by atoms with Gasteiger partial charge >= 0.3 is 12.1 Å². The lowest BCUT2D eigenvalue weighted by Gasteiger charge is -2.35. The smallest absolute Gasteiger partial charge is 0.410 e. The van der Waals surface area contributed by atoms with E-state index in [0.29, 0.717) is 13.1 Å². The Hall–Kier alpha value is -4.67. The Morgan fingerprint density at radius 1 is 0.902 bits per heavy atom. The number of ether oxygens (including phenoxy) is 2. The van der Waals surface area contributed by atoms with Gasteiger partial charge in [0.2, 0.25) is 0 Å². The SMILES string of the molecule is CC(C)(C)OC(=O)N1CCN(C(=O)c2[nH]cnc2C(=O)NC(Cc2ccccc2)C(=O)OCc2ccccc2)CC1. The Morgan fingerprint density at radius 3 is 2.10 bits per heavy atom. The van der Waals surface area contributed by atoms with Crippen LogP contribution in [-0.4, -0.2) is 81.5 Å². The van der Waals surface area contributed by atoms with Gasteiger partial charge in [0.25, 0.3) is 11.8 Å². The summed E-state index contributed by atoms with van der Waals surface area (Å²) in [6.07, 6.45) is 1.02. The first-order valence-corrected chi connectivity index (χ1v) is 13.5. The highest BCUT2D eigenvalue weighted by Crippen LogP contribution is 2.15. The van der Waals surface area contributed by atoms with Gasteiger partial charge in [-0.2, -0.15) is 0 Å². The highest BCUT2D eigenvalue weighted by Gasteiger charge is 2.32. The van der Waals surface area contributed by atoms with Gasteiger partial charge < -0.3 is 29.6 Å². The number of H-pyrrole nitrogens is 1. The number of esters is 1. The van der Waals surface area contributed by atoms with Crippen molar-refractivity contribution in [1.29, 1.82) is 0 Å². The zero-order valence-corrected chi connectivity index (χ0v) is 23.5. The topological polar surface area (TPSA) is 134 Å². The van der Waals surface area contributed by atoms with E-state index in [1.807, 2.05) is 60.7 Å². The van der Waals surface area contributed by atoms with Gasteiger partial charge in [-0.1, -0.05) is 60.7 Å². The normalized spacial score (nSPS) is 14.2. The van der Waals surface area contributed by atoms with Crippen LogP contribution in [0.1, 0.15) is 52.9 Å². The zero-order chi connectivity index (χ0) is 29.4. The average Bonchev–Trinajstić information content (AvgIpc) is 3.46. The summed E-state index contributed by atoms with van der Waals surface area (Å²) in [5.74, 6) is -1.71. The number of hydrogen-bond donors (Lipinski definition) is 2. The van der Waals surface area contributed by atoms with Crippen LogP contribution >= 0.6 is 0 Å². The van der Waals surface area contributed by atoms with Crippen LogP contribution in [0.25, 0.3) is 0 Å². The predicted octanol–water partition coefficient (Wildman–Crippen LogP) is 3.19. The number of carbonyl (C=O) groups is 4. The molecule has 11 heteroatoms. The first-order chi connectivity index (χ1) is 19.6. The number of carbonyl (C=O) groups excluding carboxylic acids is 4. The summed E-state index contributed by atoms with van der Waals surface area (Å²) < 4.78 is 10.9. The highest BCUT2D eigenvalue weighted by molar-refractivity contribution is 6.05. The van der Waals surface area contributed by atoms with Gasteiger partial charge in [-0.15, -0.1) is 0 Å². The maximum Gasteiger partial charge on any atom is 0.410 e. The van der Waals surface area contributed by atoms with Gasteiger partial charge in [0, 0.05) is 32.6 Å². The monoisotopic (exact) mass is 561 g/mol. The molecule has 0 spiro atoms. The van der Waals surface area contributed by atoms with Gasteiger partial charge in [-0.3, -0.25) is 9.59 Å². The van der Waals surface area contributed by atoms with E-state index >= 15 is 0 Å². The lowest BCUT2D eigenvalue weighted by Crippen LogP contribution is -2.52. The third-order valence-corrected chi connectivity index (χ3v) is 6.38. The summed E-state index contributed by atoms with van der Waals surface area (Å²) in [7, 11) is 0. The minimum atomic E-state index is -1.01. The largest absolute Gasteiger partial charge is 0.459 e. The van der Waals surface area contributed by atoms with E-state index in [1.54, 1.807) is 30.6 Å².